The van der Waals surface area contributed by atoms with Crippen LogP contribution in [0, 0.1) is 21.4 Å². The molecule has 1 aliphatic carbocycles. The summed E-state index contributed by atoms with van der Waals surface area (Å²) in [4.78, 5) is 10.1. The van der Waals surface area contributed by atoms with Crippen LogP contribution >= 0.6 is 0 Å². The van der Waals surface area contributed by atoms with E-state index < -0.39 is 4.92 Å². The SMILES string of the molecule is CC1(C)CC1C(O)Cc1ccc([N+](=O)[O-])cc1. The minimum Gasteiger partial charge on any atom is -0.392 e. The number of nitro groups is 1. The fourth-order valence-electron chi connectivity index (χ4n) is 2.30. The molecule has 1 aromatic rings. The molecule has 92 valence electrons. The van der Waals surface area contributed by atoms with E-state index in [1.54, 1.807) is 12.1 Å². The standard InChI is InChI=1S/C13H17NO3/c1-13(2)8-11(13)12(15)7-9-3-5-10(6-4-9)14(16)17/h3-6,11-12,15H,7-8H2,1-2H3. The Morgan fingerprint density at radius 2 is 2.00 bits per heavy atom. The minimum absolute atomic E-state index is 0.0926. The molecule has 0 aromatic heterocycles. The molecule has 2 rings (SSSR count). The Hall–Kier alpha value is -1.42. The van der Waals surface area contributed by atoms with E-state index in [4.69, 9.17) is 0 Å². The molecule has 4 heteroatoms. The van der Waals surface area contributed by atoms with Crippen molar-refractivity contribution in [1.29, 1.82) is 0 Å². The number of nitro benzene ring substituents is 1. The Morgan fingerprint density at radius 3 is 2.41 bits per heavy atom. The molecule has 0 aliphatic heterocycles. The third-order valence-corrected chi connectivity index (χ3v) is 3.65. The van der Waals surface area contributed by atoms with Gasteiger partial charge in [-0.15, -0.1) is 0 Å². The van der Waals surface area contributed by atoms with E-state index in [-0.39, 0.29) is 17.2 Å². The molecule has 1 aliphatic rings. The zero-order valence-corrected chi connectivity index (χ0v) is 10.1. The normalized spacial score (nSPS) is 23.1. The van der Waals surface area contributed by atoms with Crippen LogP contribution in [0.4, 0.5) is 5.69 Å². The molecule has 0 spiro atoms. The van der Waals surface area contributed by atoms with Crippen LogP contribution in [0.2, 0.25) is 0 Å². The average Bonchev–Trinajstić information content (AvgIpc) is 2.89. The first-order valence-corrected chi connectivity index (χ1v) is 5.81. The monoisotopic (exact) mass is 235 g/mol. The van der Waals surface area contributed by atoms with Crippen LogP contribution in [-0.4, -0.2) is 16.1 Å². The summed E-state index contributed by atoms with van der Waals surface area (Å²) in [6.07, 6.45) is 1.29. The summed E-state index contributed by atoms with van der Waals surface area (Å²) in [5, 5.41) is 20.5. The van der Waals surface area contributed by atoms with E-state index in [2.05, 4.69) is 13.8 Å². The highest BCUT2D eigenvalue weighted by atomic mass is 16.6. The van der Waals surface area contributed by atoms with Crippen LogP contribution in [0.15, 0.2) is 24.3 Å². The fourth-order valence-corrected chi connectivity index (χ4v) is 2.30. The first kappa shape index (κ1) is 12.0. The van der Waals surface area contributed by atoms with E-state index in [1.165, 1.54) is 12.1 Å². The molecule has 0 radical (unpaired) electrons. The number of hydrogen-bond donors (Lipinski definition) is 1. The molecule has 0 bridgehead atoms. The van der Waals surface area contributed by atoms with Crippen molar-refractivity contribution >= 4 is 5.69 Å². The Labute approximate surface area is 100 Å². The zero-order chi connectivity index (χ0) is 12.6. The average molecular weight is 235 g/mol. The molecule has 0 saturated heterocycles. The summed E-state index contributed by atoms with van der Waals surface area (Å²) >= 11 is 0. The Bertz CT molecular complexity index is 425. The van der Waals surface area contributed by atoms with Gasteiger partial charge in [-0.3, -0.25) is 10.1 Å². The maximum atomic E-state index is 10.5. The second kappa shape index (κ2) is 4.11. The summed E-state index contributed by atoms with van der Waals surface area (Å²) in [6, 6.07) is 6.41. The third-order valence-electron chi connectivity index (χ3n) is 3.65. The van der Waals surface area contributed by atoms with Gasteiger partial charge in [0.25, 0.3) is 5.69 Å². The minimum atomic E-state index is -0.412. The number of hydrogen-bond acceptors (Lipinski definition) is 3. The third kappa shape index (κ3) is 2.64. The second-order valence-corrected chi connectivity index (χ2v) is 5.49. The first-order valence-electron chi connectivity index (χ1n) is 5.81. The Morgan fingerprint density at radius 1 is 1.47 bits per heavy atom. The molecular formula is C13H17NO3. The lowest BCUT2D eigenvalue weighted by Crippen LogP contribution is -2.16. The van der Waals surface area contributed by atoms with Gasteiger partial charge in [0.2, 0.25) is 0 Å². The van der Waals surface area contributed by atoms with Crippen LogP contribution in [0.3, 0.4) is 0 Å². The maximum absolute atomic E-state index is 10.5. The van der Waals surface area contributed by atoms with Crippen molar-refractivity contribution in [2.45, 2.75) is 32.8 Å². The van der Waals surface area contributed by atoms with E-state index in [1.807, 2.05) is 0 Å². The van der Waals surface area contributed by atoms with Crippen molar-refractivity contribution in [3.63, 3.8) is 0 Å². The second-order valence-electron chi connectivity index (χ2n) is 5.49. The lowest BCUT2D eigenvalue weighted by atomic mass is 10.00. The van der Waals surface area contributed by atoms with Gasteiger partial charge in [-0.1, -0.05) is 26.0 Å². The molecule has 1 saturated carbocycles. The van der Waals surface area contributed by atoms with Gasteiger partial charge in [0.1, 0.15) is 0 Å². The van der Waals surface area contributed by atoms with E-state index in [0.717, 1.165) is 12.0 Å². The molecule has 4 nitrogen and oxygen atoms in total. The predicted molar refractivity (Wildman–Crippen MR) is 64.7 cm³/mol. The van der Waals surface area contributed by atoms with E-state index >= 15 is 0 Å². The quantitative estimate of drug-likeness (QED) is 0.644. The maximum Gasteiger partial charge on any atom is 0.269 e. The van der Waals surface area contributed by atoms with Gasteiger partial charge in [0.05, 0.1) is 11.0 Å². The van der Waals surface area contributed by atoms with Crippen molar-refractivity contribution in [3.8, 4) is 0 Å². The van der Waals surface area contributed by atoms with Crippen molar-refractivity contribution < 1.29 is 10.0 Å². The summed E-state index contributed by atoms with van der Waals surface area (Å²) in [7, 11) is 0. The summed E-state index contributed by atoms with van der Waals surface area (Å²) in [6.45, 7) is 4.30. The van der Waals surface area contributed by atoms with Crippen LogP contribution in [0.1, 0.15) is 25.8 Å². The van der Waals surface area contributed by atoms with Crippen molar-refractivity contribution in [3.05, 3.63) is 39.9 Å². The number of rotatable bonds is 4. The van der Waals surface area contributed by atoms with E-state index in [0.29, 0.717) is 12.3 Å². The molecule has 2 unspecified atom stereocenters. The smallest absolute Gasteiger partial charge is 0.269 e. The van der Waals surface area contributed by atoms with Gasteiger partial charge in [-0.2, -0.15) is 0 Å². The highest BCUT2D eigenvalue weighted by Crippen LogP contribution is 2.53. The van der Waals surface area contributed by atoms with Crippen molar-refractivity contribution in [2.75, 3.05) is 0 Å². The number of non-ortho nitro benzene ring substituents is 1. The van der Waals surface area contributed by atoms with Crippen LogP contribution < -0.4 is 0 Å². The predicted octanol–water partition coefficient (Wildman–Crippen LogP) is 2.54. The van der Waals surface area contributed by atoms with Gasteiger partial charge in [0, 0.05) is 12.1 Å². The number of aliphatic hydroxyl groups is 1. The van der Waals surface area contributed by atoms with Gasteiger partial charge in [0.15, 0.2) is 0 Å². The first-order chi connectivity index (χ1) is 7.90. The molecule has 0 amide bonds. The summed E-state index contributed by atoms with van der Waals surface area (Å²) < 4.78 is 0. The summed E-state index contributed by atoms with van der Waals surface area (Å²) in [5.41, 5.74) is 1.29. The molecule has 1 N–H and O–H groups in total. The van der Waals surface area contributed by atoms with Crippen molar-refractivity contribution in [1.82, 2.24) is 0 Å². The molecule has 1 fully saturated rings. The topological polar surface area (TPSA) is 63.4 Å². The summed E-state index contributed by atoms with van der Waals surface area (Å²) in [5.74, 6) is 0.359. The fraction of sp³-hybridized carbons (Fsp3) is 0.538. The van der Waals surface area contributed by atoms with Crippen LogP contribution in [-0.2, 0) is 6.42 Å². The van der Waals surface area contributed by atoms with Gasteiger partial charge < -0.3 is 5.11 Å². The van der Waals surface area contributed by atoms with E-state index in [9.17, 15) is 15.2 Å². The Kier molecular flexibility index (Phi) is 2.91. The van der Waals surface area contributed by atoms with Gasteiger partial charge in [-0.25, -0.2) is 0 Å². The molecule has 0 heterocycles. The number of benzene rings is 1. The molecule has 1 aromatic carbocycles. The number of nitrogens with zero attached hydrogens (tertiary/aromatic N) is 1. The number of aliphatic hydroxyl groups excluding tert-OH is 1. The largest absolute Gasteiger partial charge is 0.392 e. The van der Waals surface area contributed by atoms with Crippen molar-refractivity contribution in [2.24, 2.45) is 11.3 Å². The lowest BCUT2D eigenvalue weighted by molar-refractivity contribution is -0.384. The van der Waals surface area contributed by atoms with Gasteiger partial charge >= 0.3 is 0 Å². The van der Waals surface area contributed by atoms with Gasteiger partial charge in [-0.05, 0) is 29.7 Å². The molecular weight excluding hydrogens is 218 g/mol. The highest BCUT2D eigenvalue weighted by Gasteiger charge is 2.49. The highest BCUT2D eigenvalue weighted by molar-refractivity contribution is 5.33. The Balaban J connectivity index is 1.97. The van der Waals surface area contributed by atoms with Crippen LogP contribution in [0.25, 0.3) is 0 Å². The van der Waals surface area contributed by atoms with Crippen LogP contribution in [0.5, 0.6) is 0 Å². The zero-order valence-electron chi connectivity index (χ0n) is 10.1. The molecule has 17 heavy (non-hydrogen) atoms. The lowest BCUT2D eigenvalue weighted by Gasteiger charge is -2.12. The molecule has 2 atom stereocenters.